The van der Waals surface area contributed by atoms with E-state index < -0.39 is 0 Å². The number of aromatic nitrogens is 2. The van der Waals surface area contributed by atoms with Gasteiger partial charge in [0.15, 0.2) is 5.82 Å². The minimum Gasteiger partial charge on any atom is -0.384 e. The van der Waals surface area contributed by atoms with E-state index in [4.69, 9.17) is 11.1 Å². The predicted octanol–water partition coefficient (Wildman–Crippen LogP) is 2.15. The molecule has 1 aliphatic carbocycles. The van der Waals surface area contributed by atoms with E-state index in [9.17, 15) is 0 Å². The number of rotatable bonds is 2. The molecular weight excluding hydrogens is 250 g/mol. The summed E-state index contributed by atoms with van der Waals surface area (Å²) in [7, 11) is 0. The molecular formula is C15H23N5. The van der Waals surface area contributed by atoms with Gasteiger partial charge in [-0.05, 0) is 44.6 Å². The fourth-order valence-electron chi connectivity index (χ4n) is 3.79. The Kier molecular flexibility index (Phi) is 3.36. The molecule has 1 saturated heterocycles. The Hall–Kier alpha value is -1.65. The highest BCUT2D eigenvalue weighted by atomic mass is 15.3. The number of nitrogens with two attached hydrogens (primary N) is 1. The van der Waals surface area contributed by atoms with Gasteiger partial charge in [-0.15, -0.1) is 5.10 Å². The van der Waals surface area contributed by atoms with Crippen LogP contribution in [0, 0.1) is 25.2 Å². The Morgan fingerprint density at radius 2 is 1.95 bits per heavy atom. The lowest BCUT2D eigenvalue weighted by molar-refractivity contribution is 0.341. The van der Waals surface area contributed by atoms with Gasteiger partial charge in [0.25, 0.3) is 0 Å². The van der Waals surface area contributed by atoms with Crippen molar-refractivity contribution >= 4 is 11.7 Å². The summed E-state index contributed by atoms with van der Waals surface area (Å²) < 4.78 is 0. The van der Waals surface area contributed by atoms with Crippen LogP contribution in [0.5, 0.6) is 0 Å². The van der Waals surface area contributed by atoms with E-state index >= 15 is 0 Å². The Bertz CT molecular complexity index is 539. The van der Waals surface area contributed by atoms with Crippen molar-refractivity contribution in [2.75, 3.05) is 11.4 Å². The summed E-state index contributed by atoms with van der Waals surface area (Å²) in [6, 6.07) is 0.568. The first-order valence-electron chi connectivity index (χ1n) is 7.54. The Morgan fingerprint density at radius 3 is 2.70 bits per heavy atom. The van der Waals surface area contributed by atoms with Crippen molar-refractivity contribution in [1.82, 2.24) is 10.2 Å². The minimum absolute atomic E-state index is 0.106. The van der Waals surface area contributed by atoms with Gasteiger partial charge < -0.3 is 10.6 Å². The zero-order valence-corrected chi connectivity index (χ0v) is 12.3. The molecule has 5 nitrogen and oxygen atoms in total. The van der Waals surface area contributed by atoms with Crippen molar-refractivity contribution < 1.29 is 0 Å². The van der Waals surface area contributed by atoms with Crippen LogP contribution in [0.2, 0.25) is 0 Å². The lowest BCUT2D eigenvalue weighted by atomic mass is 9.85. The topological polar surface area (TPSA) is 78.9 Å². The Labute approximate surface area is 120 Å². The second-order valence-electron chi connectivity index (χ2n) is 6.12. The number of aryl methyl sites for hydroxylation is 1. The van der Waals surface area contributed by atoms with E-state index in [1.54, 1.807) is 0 Å². The molecule has 5 heteroatoms. The van der Waals surface area contributed by atoms with Crippen LogP contribution in [-0.2, 0) is 0 Å². The van der Waals surface area contributed by atoms with Crippen molar-refractivity contribution in [1.29, 1.82) is 5.41 Å². The number of nitrogens with one attached hydrogen (secondary N) is 1. The quantitative estimate of drug-likeness (QED) is 0.639. The third kappa shape index (κ3) is 2.05. The summed E-state index contributed by atoms with van der Waals surface area (Å²) in [5.41, 5.74) is 8.44. The Morgan fingerprint density at radius 1 is 1.20 bits per heavy atom. The van der Waals surface area contributed by atoms with Crippen molar-refractivity contribution in [2.24, 2.45) is 11.7 Å². The molecule has 3 N–H and O–H groups in total. The fraction of sp³-hybridized carbons (Fsp3) is 0.667. The highest BCUT2D eigenvalue weighted by Crippen LogP contribution is 2.39. The number of hydrogen-bond donors (Lipinski definition) is 2. The van der Waals surface area contributed by atoms with E-state index in [0.717, 1.165) is 35.1 Å². The van der Waals surface area contributed by atoms with Crippen LogP contribution in [0.1, 0.15) is 48.9 Å². The molecule has 3 rings (SSSR count). The summed E-state index contributed by atoms with van der Waals surface area (Å²) >= 11 is 0. The fourth-order valence-corrected chi connectivity index (χ4v) is 3.79. The minimum atomic E-state index is 0.106. The maximum absolute atomic E-state index is 7.89. The van der Waals surface area contributed by atoms with Gasteiger partial charge in [-0.1, -0.05) is 12.8 Å². The molecule has 1 aliphatic heterocycles. The average Bonchev–Trinajstić information content (AvgIpc) is 2.85. The molecule has 0 spiro atoms. The van der Waals surface area contributed by atoms with E-state index in [2.05, 4.69) is 15.1 Å². The highest BCUT2D eigenvalue weighted by Gasteiger charge is 2.37. The normalized spacial score (nSPS) is 25.6. The molecule has 0 aromatic carbocycles. The first-order valence-corrected chi connectivity index (χ1v) is 7.54. The lowest BCUT2D eigenvalue weighted by Gasteiger charge is -2.33. The van der Waals surface area contributed by atoms with Gasteiger partial charge >= 0.3 is 0 Å². The number of amidine groups is 1. The summed E-state index contributed by atoms with van der Waals surface area (Å²) in [6.45, 7) is 4.93. The van der Waals surface area contributed by atoms with Crippen molar-refractivity contribution in [3.8, 4) is 0 Å². The third-order valence-corrected chi connectivity index (χ3v) is 4.99. The predicted molar refractivity (Wildman–Crippen MR) is 80.2 cm³/mol. The second kappa shape index (κ2) is 5.04. The molecule has 0 radical (unpaired) electrons. The molecule has 0 amide bonds. The van der Waals surface area contributed by atoms with Crippen LogP contribution in [-0.4, -0.2) is 28.6 Å². The number of nitrogen functional groups attached to an aromatic ring is 1. The van der Waals surface area contributed by atoms with Gasteiger partial charge in [-0.3, -0.25) is 5.41 Å². The maximum Gasteiger partial charge on any atom is 0.162 e. The molecule has 0 bridgehead atoms. The van der Waals surface area contributed by atoms with Crippen LogP contribution in [0.4, 0.5) is 5.82 Å². The highest BCUT2D eigenvalue weighted by molar-refractivity contribution is 6.01. The van der Waals surface area contributed by atoms with Crippen molar-refractivity contribution in [3.63, 3.8) is 0 Å². The standard InChI is InChI=1S/C15H23N5/c1-9-10(2)18-19-15(13(9)14(16)17)20-8-7-11-5-3-4-6-12(11)20/h11-12H,3-8H2,1-2H3,(H3,16,17). The molecule has 1 aromatic heterocycles. The monoisotopic (exact) mass is 273 g/mol. The number of fused-ring (bicyclic) bond motifs is 1. The molecule has 2 unspecified atom stereocenters. The van der Waals surface area contributed by atoms with Gasteiger partial charge in [0.2, 0.25) is 0 Å². The summed E-state index contributed by atoms with van der Waals surface area (Å²) in [4.78, 5) is 2.36. The lowest BCUT2D eigenvalue weighted by Crippen LogP contribution is -2.37. The molecule has 2 aliphatic rings. The summed E-state index contributed by atoms with van der Waals surface area (Å²) in [6.07, 6.45) is 6.45. The average molecular weight is 273 g/mol. The number of anilines is 1. The van der Waals surface area contributed by atoms with Crippen LogP contribution < -0.4 is 10.6 Å². The molecule has 2 fully saturated rings. The summed E-state index contributed by atoms with van der Waals surface area (Å²) in [5.74, 6) is 1.72. The van der Waals surface area contributed by atoms with Gasteiger partial charge in [0.05, 0.1) is 11.3 Å². The third-order valence-electron chi connectivity index (χ3n) is 4.99. The molecule has 108 valence electrons. The zero-order chi connectivity index (χ0) is 14.3. The van der Waals surface area contributed by atoms with Crippen LogP contribution in [0.3, 0.4) is 0 Å². The molecule has 1 saturated carbocycles. The maximum atomic E-state index is 7.89. The molecule has 2 atom stereocenters. The largest absolute Gasteiger partial charge is 0.384 e. The van der Waals surface area contributed by atoms with Gasteiger partial charge in [-0.25, -0.2) is 0 Å². The molecule has 1 aromatic rings. The number of hydrogen-bond acceptors (Lipinski definition) is 4. The van der Waals surface area contributed by atoms with Gasteiger partial charge in [-0.2, -0.15) is 5.10 Å². The van der Waals surface area contributed by atoms with E-state index in [1.165, 1.54) is 32.1 Å². The molecule has 2 heterocycles. The second-order valence-corrected chi connectivity index (χ2v) is 6.12. The van der Waals surface area contributed by atoms with E-state index in [1.807, 2.05) is 13.8 Å². The van der Waals surface area contributed by atoms with Gasteiger partial charge in [0.1, 0.15) is 5.84 Å². The Balaban J connectivity index is 2.02. The van der Waals surface area contributed by atoms with Crippen molar-refractivity contribution in [3.05, 3.63) is 16.8 Å². The van der Waals surface area contributed by atoms with Gasteiger partial charge in [0, 0.05) is 12.6 Å². The zero-order valence-electron chi connectivity index (χ0n) is 12.3. The van der Waals surface area contributed by atoms with Crippen molar-refractivity contribution in [2.45, 2.75) is 52.0 Å². The SMILES string of the molecule is Cc1nnc(N2CCC3CCCCC32)c(C(=N)N)c1C. The smallest absolute Gasteiger partial charge is 0.162 e. The first-order chi connectivity index (χ1) is 9.59. The van der Waals surface area contributed by atoms with Crippen LogP contribution in [0.15, 0.2) is 0 Å². The molecule has 20 heavy (non-hydrogen) atoms. The first kappa shape index (κ1) is 13.3. The number of nitrogens with zero attached hydrogens (tertiary/aromatic N) is 3. The van der Waals surface area contributed by atoms with Crippen LogP contribution in [0.25, 0.3) is 0 Å². The van der Waals surface area contributed by atoms with E-state index in [0.29, 0.717) is 6.04 Å². The van der Waals surface area contributed by atoms with Crippen LogP contribution >= 0.6 is 0 Å². The van der Waals surface area contributed by atoms with E-state index in [-0.39, 0.29) is 5.84 Å². The summed E-state index contributed by atoms with van der Waals surface area (Å²) in [5, 5.41) is 16.5.